The average molecular weight is 647 g/mol. The Kier molecular flexibility index (Phi) is 7.95. The summed E-state index contributed by atoms with van der Waals surface area (Å²) in [6.07, 6.45) is 2.78. The van der Waals surface area contributed by atoms with Crippen LogP contribution in [0.4, 0.5) is 15.9 Å². The maximum Gasteiger partial charge on any atom is 0.355 e. The summed E-state index contributed by atoms with van der Waals surface area (Å²) in [4.78, 5) is 51.6. The molecule has 0 saturated carbocycles. The predicted octanol–water partition coefficient (Wildman–Crippen LogP) is 5.02. The van der Waals surface area contributed by atoms with Crippen LogP contribution in [0.25, 0.3) is 28.0 Å². The highest BCUT2D eigenvalue weighted by molar-refractivity contribution is 6.38. The Bertz CT molecular complexity index is 1920. The summed E-state index contributed by atoms with van der Waals surface area (Å²) in [6, 6.07) is 3.48. The van der Waals surface area contributed by atoms with E-state index < -0.39 is 11.5 Å². The Labute approximate surface area is 271 Å². The van der Waals surface area contributed by atoms with Crippen molar-refractivity contribution in [3.63, 3.8) is 0 Å². The van der Waals surface area contributed by atoms with Gasteiger partial charge in [-0.15, -0.1) is 0 Å². The Balaban J connectivity index is 1.78. The number of pyridine rings is 1. The van der Waals surface area contributed by atoms with E-state index in [0.717, 1.165) is 0 Å². The number of aromatic nitrogens is 5. The second-order valence-corrected chi connectivity index (χ2v) is 12.9. The lowest BCUT2D eigenvalue weighted by molar-refractivity contribution is -0.128. The Morgan fingerprint density at radius 1 is 1.09 bits per heavy atom. The van der Waals surface area contributed by atoms with Gasteiger partial charge in [0.15, 0.2) is 5.65 Å². The number of benzene rings is 1. The van der Waals surface area contributed by atoms with Gasteiger partial charge in [0.25, 0.3) is 0 Å². The van der Waals surface area contributed by atoms with Crippen molar-refractivity contribution < 1.29 is 14.3 Å². The molecule has 1 N–H and O–H groups in total. The Morgan fingerprint density at radius 3 is 2.37 bits per heavy atom. The lowest BCUT2D eigenvalue weighted by Crippen LogP contribution is -2.61. The molecule has 46 heavy (non-hydrogen) atoms. The zero-order valence-corrected chi connectivity index (χ0v) is 27.4. The van der Waals surface area contributed by atoms with Crippen LogP contribution in [0.2, 0.25) is 5.02 Å². The number of phenols is 1. The highest BCUT2D eigenvalue weighted by atomic mass is 35.5. The molecular formula is C33H36ClFN8O3. The van der Waals surface area contributed by atoms with E-state index in [2.05, 4.69) is 16.5 Å². The molecule has 2 unspecified atom stereocenters. The van der Waals surface area contributed by atoms with E-state index >= 15 is 4.39 Å². The summed E-state index contributed by atoms with van der Waals surface area (Å²) in [5.41, 5.74) is 1.52. The van der Waals surface area contributed by atoms with E-state index in [1.807, 2.05) is 51.5 Å². The molecule has 13 heteroatoms. The first-order valence-electron chi connectivity index (χ1n) is 15.3. The number of phenolic OH excluding ortho intramolecular Hbond substituents is 1. The SMILES string of the molecule is C=CC(=O)N1CC2CN(C)c3c(Cl)c(-c4c(O)cccc4F)nc4c3c(nc(=O)n4-c3c(C(C)C)ncnc3C(C)C)N2CC1C. The summed E-state index contributed by atoms with van der Waals surface area (Å²) in [5, 5.41) is 11.4. The van der Waals surface area contributed by atoms with Crippen molar-refractivity contribution in [1.82, 2.24) is 29.4 Å². The van der Waals surface area contributed by atoms with Gasteiger partial charge in [-0.05, 0) is 37.0 Å². The van der Waals surface area contributed by atoms with Gasteiger partial charge in [-0.3, -0.25) is 4.79 Å². The lowest BCUT2D eigenvalue weighted by Gasteiger charge is -2.45. The van der Waals surface area contributed by atoms with E-state index in [9.17, 15) is 14.7 Å². The molecule has 3 aromatic heterocycles. The van der Waals surface area contributed by atoms with Crippen molar-refractivity contribution in [3.8, 4) is 22.7 Å². The van der Waals surface area contributed by atoms with Crippen molar-refractivity contribution in [2.45, 2.75) is 58.5 Å². The molecule has 2 atom stereocenters. The van der Waals surface area contributed by atoms with Crippen molar-refractivity contribution in [3.05, 3.63) is 69.9 Å². The summed E-state index contributed by atoms with van der Waals surface area (Å²) < 4.78 is 16.9. The van der Waals surface area contributed by atoms with E-state index in [1.165, 1.54) is 35.2 Å². The van der Waals surface area contributed by atoms with Gasteiger partial charge in [0.2, 0.25) is 5.91 Å². The number of aromatic hydroxyl groups is 1. The first-order chi connectivity index (χ1) is 21.8. The van der Waals surface area contributed by atoms with Gasteiger partial charge in [0, 0.05) is 32.7 Å². The first kappa shape index (κ1) is 31.4. The normalized spacial score (nSPS) is 17.9. The van der Waals surface area contributed by atoms with Crippen LogP contribution in [-0.2, 0) is 4.79 Å². The minimum Gasteiger partial charge on any atom is -0.507 e. The zero-order chi connectivity index (χ0) is 33.2. The van der Waals surface area contributed by atoms with Crippen molar-refractivity contribution in [2.75, 3.05) is 36.5 Å². The third kappa shape index (κ3) is 4.86. The van der Waals surface area contributed by atoms with Gasteiger partial charge in [-0.2, -0.15) is 4.98 Å². The van der Waals surface area contributed by atoms with Crippen molar-refractivity contribution in [1.29, 1.82) is 0 Å². The van der Waals surface area contributed by atoms with Crippen LogP contribution in [0.5, 0.6) is 5.75 Å². The van der Waals surface area contributed by atoms with Crippen LogP contribution >= 0.6 is 11.6 Å². The molecule has 1 amide bonds. The molecule has 0 bridgehead atoms. The van der Waals surface area contributed by atoms with Crippen LogP contribution in [0.1, 0.15) is 57.8 Å². The fourth-order valence-electron chi connectivity index (χ4n) is 6.64. The Morgan fingerprint density at radius 2 is 1.76 bits per heavy atom. The molecule has 1 saturated heterocycles. The fraction of sp³-hybridized carbons (Fsp3) is 0.394. The number of anilines is 2. The van der Waals surface area contributed by atoms with Crippen LogP contribution < -0.4 is 15.5 Å². The number of hydrogen-bond acceptors (Lipinski definition) is 9. The molecule has 1 fully saturated rings. The van der Waals surface area contributed by atoms with Crippen LogP contribution in [0.3, 0.4) is 0 Å². The Hall–Kier alpha value is -4.58. The molecule has 1 aromatic carbocycles. The average Bonchev–Trinajstić information content (AvgIpc) is 3.12. The number of likely N-dealkylation sites (N-methyl/N-ethyl adjacent to an activating group) is 1. The summed E-state index contributed by atoms with van der Waals surface area (Å²) >= 11 is 7.15. The standard InChI is InChI=1S/C33H36ClFN8O3/c1-8-22(45)41-14-19-13-40(7)29-24-31(42(19)12-18(41)6)39-33(46)43(30-26(16(2)3)36-15-37-27(30)17(4)5)32(24)38-28(25(29)34)23-20(35)10-9-11-21(23)44/h8-11,15-19,44H,1,12-14H2,2-7H3. The van der Waals surface area contributed by atoms with Crippen LogP contribution in [0, 0.1) is 5.82 Å². The van der Waals surface area contributed by atoms with E-state index in [4.69, 9.17) is 21.6 Å². The highest BCUT2D eigenvalue weighted by Gasteiger charge is 2.40. The molecular weight excluding hydrogens is 611 g/mol. The minimum absolute atomic E-state index is 0.0253. The van der Waals surface area contributed by atoms with E-state index in [0.29, 0.717) is 53.6 Å². The summed E-state index contributed by atoms with van der Waals surface area (Å²) in [5.74, 6) is -1.09. The fourth-order valence-corrected chi connectivity index (χ4v) is 7.02. The highest BCUT2D eigenvalue weighted by Crippen LogP contribution is 2.47. The molecule has 240 valence electrons. The lowest BCUT2D eigenvalue weighted by atomic mass is 10.0. The summed E-state index contributed by atoms with van der Waals surface area (Å²) in [7, 11) is 1.84. The monoisotopic (exact) mass is 646 g/mol. The number of nitrogens with zero attached hydrogens (tertiary/aromatic N) is 8. The quantitative estimate of drug-likeness (QED) is 0.298. The smallest absolute Gasteiger partial charge is 0.355 e. The van der Waals surface area contributed by atoms with E-state index in [-0.39, 0.29) is 57.5 Å². The molecule has 2 aliphatic heterocycles. The van der Waals surface area contributed by atoms with Gasteiger partial charge >= 0.3 is 5.69 Å². The number of halogens is 2. The second kappa shape index (κ2) is 11.7. The number of hydrogen-bond donors (Lipinski definition) is 1. The van der Waals surface area contributed by atoms with E-state index in [1.54, 1.807) is 4.90 Å². The topological polar surface area (TPSA) is 121 Å². The predicted molar refractivity (Wildman–Crippen MR) is 177 cm³/mol. The second-order valence-electron chi connectivity index (χ2n) is 12.5. The molecule has 0 radical (unpaired) electrons. The van der Waals surface area contributed by atoms with Gasteiger partial charge < -0.3 is 19.8 Å². The summed E-state index contributed by atoms with van der Waals surface area (Å²) in [6.45, 7) is 14.6. The number of carbonyl (C=O) groups is 1. The van der Waals surface area contributed by atoms with Crippen molar-refractivity contribution >= 4 is 40.0 Å². The number of piperazine rings is 1. The number of carbonyl (C=O) groups excluding carboxylic acids is 1. The van der Waals surface area contributed by atoms with Crippen molar-refractivity contribution in [2.24, 2.45) is 0 Å². The maximum atomic E-state index is 15.5. The van der Waals surface area contributed by atoms with Gasteiger partial charge in [0.1, 0.15) is 29.4 Å². The molecule has 0 spiro atoms. The van der Waals surface area contributed by atoms with Gasteiger partial charge in [-0.1, -0.05) is 51.9 Å². The minimum atomic E-state index is -0.723. The largest absolute Gasteiger partial charge is 0.507 e. The molecule has 6 rings (SSSR count). The number of amides is 1. The number of fused-ring (bicyclic) bond motifs is 2. The molecule has 11 nitrogen and oxygen atoms in total. The third-order valence-electron chi connectivity index (χ3n) is 8.78. The molecule has 4 aromatic rings. The molecule has 2 aliphatic rings. The van der Waals surface area contributed by atoms with Crippen LogP contribution in [0.15, 0.2) is 42.0 Å². The molecule has 0 aliphatic carbocycles. The van der Waals surface area contributed by atoms with Gasteiger partial charge in [0.05, 0.1) is 44.8 Å². The van der Waals surface area contributed by atoms with Crippen LogP contribution in [-0.4, -0.2) is 79.2 Å². The number of rotatable bonds is 5. The maximum absolute atomic E-state index is 15.5. The first-order valence-corrected chi connectivity index (χ1v) is 15.6. The van der Waals surface area contributed by atoms with Gasteiger partial charge in [-0.25, -0.2) is 28.7 Å². The zero-order valence-electron chi connectivity index (χ0n) is 26.6. The molecule has 5 heterocycles. The third-order valence-corrected chi connectivity index (χ3v) is 9.14.